The molecule has 1 heterocycles. The highest BCUT2D eigenvalue weighted by molar-refractivity contribution is 8.00. The van der Waals surface area contributed by atoms with Gasteiger partial charge in [-0.3, -0.25) is 4.79 Å². The van der Waals surface area contributed by atoms with Crippen molar-refractivity contribution in [3.05, 3.63) is 0 Å². The number of carbonyl (C=O) groups excluding carboxylic acids is 1. The second kappa shape index (κ2) is 2.73. The lowest BCUT2D eigenvalue weighted by Crippen LogP contribution is -2.34. The summed E-state index contributed by atoms with van der Waals surface area (Å²) in [6.45, 7) is 0. The molecular formula is C6H8O4S. The zero-order valence-corrected chi connectivity index (χ0v) is 6.81. The number of carboxylic acids is 1. The van der Waals surface area contributed by atoms with Crippen LogP contribution in [0, 0.1) is 0 Å². The fourth-order valence-corrected chi connectivity index (χ4v) is 1.59. The minimum absolute atomic E-state index is 0.202. The average Bonchev–Trinajstić information content (AvgIpc) is 2.33. The molecule has 1 aliphatic heterocycles. The molecule has 11 heavy (non-hydrogen) atoms. The lowest BCUT2D eigenvalue weighted by molar-refractivity contribution is -0.160. The van der Waals surface area contributed by atoms with Crippen LogP contribution in [0.25, 0.3) is 0 Å². The first kappa shape index (κ1) is 8.39. The third kappa shape index (κ3) is 1.33. The van der Waals surface area contributed by atoms with Crippen molar-refractivity contribution in [1.82, 2.24) is 0 Å². The highest BCUT2D eigenvalue weighted by Gasteiger charge is 2.46. The molecule has 1 aliphatic rings. The second-order valence-electron chi connectivity index (χ2n) is 2.24. The van der Waals surface area contributed by atoms with E-state index in [0.717, 1.165) is 11.8 Å². The van der Waals surface area contributed by atoms with Gasteiger partial charge >= 0.3 is 11.9 Å². The Balaban J connectivity index is 2.78. The van der Waals surface area contributed by atoms with Crippen molar-refractivity contribution in [3.63, 3.8) is 0 Å². The Morgan fingerprint density at radius 2 is 2.45 bits per heavy atom. The van der Waals surface area contributed by atoms with Gasteiger partial charge in [-0.1, -0.05) is 0 Å². The summed E-state index contributed by atoms with van der Waals surface area (Å²) in [5.74, 6) is -1.50. The van der Waals surface area contributed by atoms with Crippen LogP contribution >= 0.6 is 11.8 Å². The van der Waals surface area contributed by atoms with Crippen LogP contribution in [0.5, 0.6) is 0 Å². The molecule has 0 radical (unpaired) electrons. The van der Waals surface area contributed by atoms with Crippen LogP contribution in [0.4, 0.5) is 0 Å². The monoisotopic (exact) mass is 176 g/mol. The predicted octanol–water partition coefficient (Wildman–Crippen LogP) is 0.467. The van der Waals surface area contributed by atoms with Crippen molar-refractivity contribution in [2.45, 2.75) is 17.8 Å². The van der Waals surface area contributed by atoms with Crippen molar-refractivity contribution in [2.75, 3.05) is 6.26 Å². The first-order valence-corrected chi connectivity index (χ1v) is 4.33. The maximum atomic E-state index is 10.6. The minimum Gasteiger partial charge on any atom is -0.478 e. The molecule has 1 unspecified atom stereocenters. The molecule has 0 aliphatic carbocycles. The van der Waals surface area contributed by atoms with E-state index >= 15 is 0 Å². The number of ether oxygens (including phenoxy) is 1. The molecule has 1 rings (SSSR count). The third-order valence-corrected chi connectivity index (χ3v) is 2.71. The molecule has 1 fully saturated rings. The molecule has 1 atom stereocenters. The van der Waals surface area contributed by atoms with E-state index in [1.807, 2.05) is 0 Å². The van der Waals surface area contributed by atoms with E-state index in [2.05, 4.69) is 4.74 Å². The maximum Gasteiger partial charge on any atom is 0.359 e. The molecule has 1 N–H and O–H groups in total. The topological polar surface area (TPSA) is 63.6 Å². The van der Waals surface area contributed by atoms with E-state index in [9.17, 15) is 9.59 Å². The van der Waals surface area contributed by atoms with E-state index in [4.69, 9.17) is 5.11 Å². The van der Waals surface area contributed by atoms with Crippen molar-refractivity contribution < 1.29 is 19.4 Å². The molecule has 5 heteroatoms. The Morgan fingerprint density at radius 1 is 1.82 bits per heavy atom. The molecule has 0 amide bonds. The van der Waals surface area contributed by atoms with Gasteiger partial charge in [-0.05, 0) is 6.26 Å². The smallest absolute Gasteiger partial charge is 0.359 e. The fourth-order valence-electron chi connectivity index (χ4n) is 0.934. The van der Waals surface area contributed by atoms with Gasteiger partial charge in [-0.15, -0.1) is 11.8 Å². The van der Waals surface area contributed by atoms with E-state index in [1.165, 1.54) is 0 Å². The van der Waals surface area contributed by atoms with E-state index in [0.29, 0.717) is 0 Å². The first-order valence-electron chi connectivity index (χ1n) is 3.11. The van der Waals surface area contributed by atoms with Crippen LogP contribution in [0.2, 0.25) is 0 Å². The number of aliphatic carboxylic acids is 1. The molecule has 0 saturated carbocycles. The van der Waals surface area contributed by atoms with E-state index < -0.39 is 16.9 Å². The van der Waals surface area contributed by atoms with Crippen LogP contribution in [-0.2, 0) is 14.3 Å². The Morgan fingerprint density at radius 3 is 2.64 bits per heavy atom. The average molecular weight is 176 g/mol. The summed E-state index contributed by atoms with van der Waals surface area (Å²) in [5, 5.41) is 8.68. The summed E-state index contributed by atoms with van der Waals surface area (Å²) < 4.78 is 4.68. The summed E-state index contributed by atoms with van der Waals surface area (Å²) in [4.78, 5) is 19.9. The second-order valence-corrected chi connectivity index (χ2v) is 3.30. The van der Waals surface area contributed by atoms with Crippen LogP contribution in [0.3, 0.4) is 0 Å². The van der Waals surface area contributed by atoms with Crippen molar-refractivity contribution >= 4 is 23.7 Å². The maximum absolute atomic E-state index is 10.6. The van der Waals surface area contributed by atoms with Gasteiger partial charge in [0.2, 0.25) is 0 Å². The van der Waals surface area contributed by atoms with Gasteiger partial charge in [0.25, 0.3) is 4.93 Å². The summed E-state index contributed by atoms with van der Waals surface area (Å²) >= 11 is 1.05. The number of thioether (sulfide) groups is 1. The molecular weight excluding hydrogens is 168 g/mol. The van der Waals surface area contributed by atoms with Gasteiger partial charge in [0.1, 0.15) is 0 Å². The molecule has 0 spiro atoms. The van der Waals surface area contributed by atoms with Gasteiger partial charge in [0.15, 0.2) is 0 Å². The zero-order chi connectivity index (χ0) is 8.48. The van der Waals surface area contributed by atoms with Crippen LogP contribution in [0.1, 0.15) is 12.8 Å². The number of carbonyl (C=O) groups is 2. The molecule has 0 aromatic rings. The number of rotatable bonds is 2. The molecule has 4 nitrogen and oxygen atoms in total. The Bertz CT molecular complexity index is 203. The number of hydrogen-bond acceptors (Lipinski definition) is 4. The van der Waals surface area contributed by atoms with Gasteiger partial charge in [-0.2, -0.15) is 0 Å². The Labute approximate surface area is 67.9 Å². The van der Waals surface area contributed by atoms with Gasteiger partial charge in [-0.25, -0.2) is 4.79 Å². The Hall–Kier alpha value is -0.710. The van der Waals surface area contributed by atoms with Gasteiger partial charge in [0.05, 0.1) is 6.42 Å². The highest BCUT2D eigenvalue weighted by Crippen LogP contribution is 2.35. The SMILES string of the molecule is CSC1(C(=O)O)CCC(=O)O1. The summed E-state index contributed by atoms with van der Waals surface area (Å²) in [6, 6.07) is 0. The number of hydrogen-bond donors (Lipinski definition) is 1. The highest BCUT2D eigenvalue weighted by atomic mass is 32.2. The van der Waals surface area contributed by atoms with E-state index in [-0.39, 0.29) is 12.8 Å². The summed E-state index contributed by atoms with van der Waals surface area (Å²) in [6.07, 6.45) is 2.09. The zero-order valence-electron chi connectivity index (χ0n) is 5.99. The summed E-state index contributed by atoms with van der Waals surface area (Å²) in [7, 11) is 0. The van der Waals surface area contributed by atoms with Crippen LogP contribution in [0.15, 0.2) is 0 Å². The Kier molecular flexibility index (Phi) is 2.08. The number of cyclic esters (lactones) is 1. The van der Waals surface area contributed by atoms with Crippen LogP contribution < -0.4 is 0 Å². The van der Waals surface area contributed by atoms with Crippen molar-refractivity contribution in [1.29, 1.82) is 0 Å². The summed E-state index contributed by atoms with van der Waals surface area (Å²) in [5.41, 5.74) is 0. The predicted molar refractivity (Wildman–Crippen MR) is 39.2 cm³/mol. The quantitative estimate of drug-likeness (QED) is 0.619. The molecule has 0 aromatic heterocycles. The first-order chi connectivity index (χ1) is 5.10. The largest absolute Gasteiger partial charge is 0.478 e. The van der Waals surface area contributed by atoms with Gasteiger partial charge < -0.3 is 9.84 Å². The van der Waals surface area contributed by atoms with Crippen LogP contribution in [-0.4, -0.2) is 28.2 Å². The lowest BCUT2D eigenvalue weighted by atomic mass is 10.2. The molecule has 0 bridgehead atoms. The minimum atomic E-state index is -1.31. The van der Waals surface area contributed by atoms with Crippen molar-refractivity contribution in [2.24, 2.45) is 0 Å². The lowest BCUT2D eigenvalue weighted by Gasteiger charge is -2.18. The third-order valence-electron chi connectivity index (χ3n) is 1.59. The normalized spacial score (nSPS) is 30.1. The molecule has 62 valence electrons. The molecule has 0 aromatic carbocycles. The standard InChI is InChI=1S/C6H8O4S/c1-11-6(5(8)9)3-2-4(7)10-6/h2-3H2,1H3,(H,8,9). The number of carboxylic acid groups (broad SMARTS) is 1. The van der Waals surface area contributed by atoms with E-state index in [1.54, 1.807) is 6.26 Å². The van der Waals surface area contributed by atoms with Crippen molar-refractivity contribution in [3.8, 4) is 0 Å². The molecule has 1 saturated heterocycles. The fraction of sp³-hybridized carbons (Fsp3) is 0.667. The van der Waals surface area contributed by atoms with Gasteiger partial charge in [0, 0.05) is 6.42 Å². The number of esters is 1.